The maximum Gasteiger partial charge on any atom is 0.349 e. The van der Waals surface area contributed by atoms with Crippen molar-refractivity contribution in [3.05, 3.63) is 41.5 Å². The zero-order valence-electron chi connectivity index (χ0n) is 17.9. The summed E-state index contributed by atoms with van der Waals surface area (Å²) >= 11 is 0. The molecule has 0 N–H and O–H groups in total. The molecule has 0 saturated heterocycles. The molecule has 1 heterocycles. The summed E-state index contributed by atoms with van der Waals surface area (Å²) in [5, 5.41) is 0. The number of benzene rings is 2. The number of cyclic esters (lactones) is 1. The molecule has 1 aliphatic rings. The van der Waals surface area contributed by atoms with Crippen LogP contribution < -0.4 is 14.2 Å². The number of ether oxygens (including phenoxy) is 5. The molecule has 0 radical (unpaired) electrons. The fourth-order valence-electron chi connectivity index (χ4n) is 3.19. The standard InChI is InChI=1S/C23H26O7/c1-6-11-28-22(25)23(2,3)30-19-16(9-10-18(26-4)20(19)27-5)14-7-8-17-15(12-14)13-29-21(17)24/h7-10,12H,6,11,13H2,1-5H3. The summed E-state index contributed by atoms with van der Waals surface area (Å²) in [4.78, 5) is 24.3. The Bertz CT molecular complexity index is 962. The number of carbonyl (C=O) groups excluding carboxylic acids is 2. The first-order valence-electron chi connectivity index (χ1n) is 9.74. The Hall–Kier alpha value is -3.22. The van der Waals surface area contributed by atoms with Gasteiger partial charge in [0.05, 0.1) is 26.4 Å². The average Bonchev–Trinajstić information content (AvgIpc) is 3.11. The molecule has 3 rings (SSSR count). The maximum absolute atomic E-state index is 12.5. The van der Waals surface area contributed by atoms with E-state index in [9.17, 15) is 9.59 Å². The van der Waals surface area contributed by atoms with Gasteiger partial charge in [0.1, 0.15) is 6.61 Å². The number of fused-ring (bicyclic) bond motifs is 1. The molecule has 160 valence electrons. The Kier molecular flexibility index (Phi) is 6.20. The normalized spacial score (nSPS) is 12.8. The van der Waals surface area contributed by atoms with Crippen LogP contribution in [-0.4, -0.2) is 38.4 Å². The van der Waals surface area contributed by atoms with Gasteiger partial charge in [-0.15, -0.1) is 0 Å². The Balaban J connectivity index is 2.08. The van der Waals surface area contributed by atoms with Crippen LogP contribution in [0.4, 0.5) is 0 Å². The first kappa shape index (κ1) is 21.5. The van der Waals surface area contributed by atoms with E-state index in [1.807, 2.05) is 25.1 Å². The van der Waals surface area contributed by atoms with Gasteiger partial charge in [0, 0.05) is 11.1 Å². The number of hydrogen-bond acceptors (Lipinski definition) is 7. The van der Waals surface area contributed by atoms with Crippen LogP contribution in [0.3, 0.4) is 0 Å². The van der Waals surface area contributed by atoms with E-state index < -0.39 is 11.6 Å². The van der Waals surface area contributed by atoms with Gasteiger partial charge in [0.15, 0.2) is 17.1 Å². The van der Waals surface area contributed by atoms with Crippen molar-refractivity contribution < 1.29 is 33.3 Å². The van der Waals surface area contributed by atoms with Crippen LogP contribution in [0.2, 0.25) is 0 Å². The molecule has 0 aliphatic carbocycles. The lowest BCUT2D eigenvalue weighted by Crippen LogP contribution is -2.40. The minimum atomic E-state index is -1.26. The number of esters is 2. The van der Waals surface area contributed by atoms with E-state index in [-0.39, 0.29) is 12.6 Å². The molecule has 2 aromatic carbocycles. The van der Waals surface area contributed by atoms with Crippen LogP contribution in [0.5, 0.6) is 17.2 Å². The van der Waals surface area contributed by atoms with Crippen LogP contribution >= 0.6 is 0 Å². The second-order valence-corrected chi connectivity index (χ2v) is 7.37. The molecule has 0 amide bonds. The maximum atomic E-state index is 12.5. The summed E-state index contributed by atoms with van der Waals surface area (Å²) in [6, 6.07) is 8.99. The monoisotopic (exact) mass is 414 g/mol. The SMILES string of the molecule is CCCOC(=O)C(C)(C)Oc1c(-c2ccc3c(c2)COC3=O)ccc(OC)c1OC. The van der Waals surface area contributed by atoms with E-state index in [1.165, 1.54) is 14.2 Å². The molecular formula is C23H26O7. The highest BCUT2D eigenvalue weighted by molar-refractivity contribution is 5.94. The lowest BCUT2D eigenvalue weighted by Gasteiger charge is -2.27. The highest BCUT2D eigenvalue weighted by Gasteiger charge is 2.35. The molecular weight excluding hydrogens is 388 g/mol. The van der Waals surface area contributed by atoms with Gasteiger partial charge in [-0.25, -0.2) is 9.59 Å². The molecule has 0 fully saturated rings. The topological polar surface area (TPSA) is 80.3 Å². The fourth-order valence-corrected chi connectivity index (χ4v) is 3.19. The van der Waals surface area contributed by atoms with Gasteiger partial charge < -0.3 is 23.7 Å². The van der Waals surface area contributed by atoms with Gasteiger partial charge in [-0.3, -0.25) is 0 Å². The second kappa shape index (κ2) is 8.65. The third-order valence-corrected chi connectivity index (χ3v) is 4.78. The first-order chi connectivity index (χ1) is 14.3. The van der Waals surface area contributed by atoms with E-state index >= 15 is 0 Å². The van der Waals surface area contributed by atoms with Gasteiger partial charge in [0.25, 0.3) is 0 Å². The summed E-state index contributed by atoms with van der Waals surface area (Å²) in [6.45, 7) is 5.74. The smallest absolute Gasteiger partial charge is 0.349 e. The van der Waals surface area contributed by atoms with Crippen molar-refractivity contribution in [2.24, 2.45) is 0 Å². The van der Waals surface area contributed by atoms with Crippen molar-refractivity contribution in [3.8, 4) is 28.4 Å². The van der Waals surface area contributed by atoms with Crippen molar-refractivity contribution in [1.29, 1.82) is 0 Å². The van der Waals surface area contributed by atoms with Crippen LogP contribution in [-0.2, 0) is 20.9 Å². The third kappa shape index (κ3) is 4.06. The molecule has 30 heavy (non-hydrogen) atoms. The second-order valence-electron chi connectivity index (χ2n) is 7.37. The molecule has 7 heteroatoms. The Morgan fingerprint density at radius 2 is 1.80 bits per heavy atom. The Labute approximate surface area is 175 Å². The number of carbonyl (C=O) groups is 2. The summed E-state index contributed by atoms with van der Waals surface area (Å²) in [7, 11) is 3.03. The molecule has 1 aliphatic heterocycles. The molecule has 0 aromatic heterocycles. The largest absolute Gasteiger partial charge is 0.493 e. The highest BCUT2D eigenvalue weighted by atomic mass is 16.6. The van der Waals surface area contributed by atoms with Gasteiger partial charge in [-0.2, -0.15) is 0 Å². The summed E-state index contributed by atoms with van der Waals surface area (Å²) in [6.07, 6.45) is 0.714. The molecule has 0 atom stereocenters. The van der Waals surface area contributed by atoms with Crippen molar-refractivity contribution >= 4 is 11.9 Å². The van der Waals surface area contributed by atoms with Crippen molar-refractivity contribution in [3.63, 3.8) is 0 Å². The van der Waals surface area contributed by atoms with E-state index in [4.69, 9.17) is 23.7 Å². The Morgan fingerprint density at radius 3 is 2.47 bits per heavy atom. The fraction of sp³-hybridized carbons (Fsp3) is 0.391. The van der Waals surface area contributed by atoms with E-state index in [1.54, 1.807) is 26.0 Å². The number of rotatable bonds is 8. The van der Waals surface area contributed by atoms with Gasteiger partial charge >= 0.3 is 11.9 Å². The van der Waals surface area contributed by atoms with E-state index in [0.717, 1.165) is 11.1 Å². The van der Waals surface area contributed by atoms with Crippen LogP contribution in [0, 0.1) is 0 Å². The van der Waals surface area contributed by atoms with Crippen LogP contribution in [0.25, 0.3) is 11.1 Å². The Morgan fingerprint density at radius 1 is 1.07 bits per heavy atom. The predicted octanol–water partition coefficient (Wildman–Crippen LogP) is 4.15. The molecule has 0 bridgehead atoms. The average molecular weight is 414 g/mol. The zero-order chi connectivity index (χ0) is 21.9. The van der Waals surface area contributed by atoms with E-state index in [0.29, 0.717) is 41.4 Å². The molecule has 7 nitrogen and oxygen atoms in total. The quantitative estimate of drug-likeness (QED) is 0.600. The summed E-state index contributed by atoms with van der Waals surface area (Å²) in [5.41, 5.74) is 1.55. The summed E-state index contributed by atoms with van der Waals surface area (Å²) < 4.78 is 27.5. The van der Waals surface area contributed by atoms with Crippen LogP contribution in [0.15, 0.2) is 30.3 Å². The van der Waals surface area contributed by atoms with Crippen molar-refractivity contribution in [2.45, 2.75) is 39.4 Å². The van der Waals surface area contributed by atoms with Crippen molar-refractivity contribution in [2.75, 3.05) is 20.8 Å². The van der Waals surface area contributed by atoms with Gasteiger partial charge in [-0.1, -0.05) is 13.0 Å². The zero-order valence-corrected chi connectivity index (χ0v) is 17.9. The lowest BCUT2D eigenvalue weighted by molar-refractivity contribution is -0.159. The van der Waals surface area contributed by atoms with Gasteiger partial charge in [-0.05, 0) is 50.1 Å². The molecule has 0 spiro atoms. The number of methoxy groups -OCH3 is 2. The number of hydrogen-bond donors (Lipinski definition) is 0. The van der Waals surface area contributed by atoms with E-state index in [2.05, 4.69) is 0 Å². The first-order valence-corrected chi connectivity index (χ1v) is 9.74. The molecule has 2 aromatic rings. The van der Waals surface area contributed by atoms with Crippen molar-refractivity contribution in [1.82, 2.24) is 0 Å². The molecule has 0 unspecified atom stereocenters. The van der Waals surface area contributed by atoms with Crippen LogP contribution in [0.1, 0.15) is 43.1 Å². The third-order valence-electron chi connectivity index (χ3n) is 4.78. The molecule has 0 saturated carbocycles. The van der Waals surface area contributed by atoms with Gasteiger partial charge in [0.2, 0.25) is 5.75 Å². The lowest BCUT2D eigenvalue weighted by atomic mass is 9.98. The minimum Gasteiger partial charge on any atom is -0.493 e. The summed E-state index contributed by atoms with van der Waals surface area (Å²) in [5.74, 6) is 0.363. The highest BCUT2D eigenvalue weighted by Crippen LogP contribution is 2.46. The predicted molar refractivity (Wildman–Crippen MR) is 110 cm³/mol. The minimum absolute atomic E-state index is 0.223.